The van der Waals surface area contributed by atoms with Gasteiger partial charge in [0.05, 0.1) is 32.4 Å². The zero-order chi connectivity index (χ0) is 24.1. The number of esters is 1. The van der Waals surface area contributed by atoms with E-state index in [1.165, 1.54) is 0 Å². The number of ether oxygens (including phenoxy) is 3. The number of hydrogen-bond donors (Lipinski definition) is 2. The molecule has 2 atom stereocenters. The molecule has 2 aromatic rings. The van der Waals surface area contributed by atoms with Crippen molar-refractivity contribution in [2.75, 3.05) is 33.9 Å². The minimum Gasteiger partial charge on any atom is -0.497 e. The van der Waals surface area contributed by atoms with E-state index in [1.54, 1.807) is 21.1 Å². The van der Waals surface area contributed by atoms with Gasteiger partial charge in [-0.2, -0.15) is 0 Å². The first-order valence-electron chi connectivity index (χ1n) is 11.5. The zero-order valence-electron chi connectivity index (χ0n) is 19.8. The molecule has 8 heteroatoms. The molecular formula is C26H31N3O5. The Morgan fingerprint density at radius 2 is 1.91 bits per heavy atom. The fourth-order valence-corrected chi connectivity index (χ4v) is 4.76. The Morgan fingerprint density at radius 1 is 1.12 bits per heavy atom. The van der Waals surface area contributed by atoms with Crippen molar-refractivity contribution in [2.45, 2.75) is 31.8 Å². The quantitative estimate of drug-likeness (QED) is 0.578. The Balaban J connectivity index is 1.72. The number of carbonyl (C=O) groups excluding carboxylic acids is 2. The van der Waals surface area contributed by atoms with Crippen molar-refractivity contribution in [1.82, 2.24) is 15.5 Å². The van der Waals surface area contributed by atoms with Gasteiger partial charge in [-0.1, -0.05) is 30.3 Å². The second-order valence-electron chi connectivity index (χ2n) is 8.29. The van der Waals surface area contributed by atoms with Crippen LogP contribution in [-0.4, -0.2) is 50.8 Å². The maximum absolute atomic E-state index is 13.1. The van der Waals surface area contributed by atoms with Gasteiger partial charge in [0.2, 0.25) is 0 Å². The summed E-state index contributed by atoms with van der Waals surface area (Å²) < 4.78 is 16.5. The predicted molar refractivity (Wildman–Crippen MR) is 128 cm³/mol. The molecule has 180 valence electrons. The minimum absolute atomic E-state index is 0.0583. The molecule has 0 spiro atoms. The molecule has 0 radical (unpaired) electrons. The van der Waals surface area contributed by atoms with E-state index < -0.39 is 12.0 Å². The first-order chi connectivity index (χ1) is 16.5. The maximum atomic E-state index is 13.1. The molecule has 34 heavy (non-hydrogen) atoms. The van der Waals surface area contributed by atoms with E-state index >= 15 is 0 Å². The van der Waals surface area contributed by atoms with E-state index in [-0.39, 0.29) is 18.7 Å². The standard InChI is InChI=1S/C26H31N3O5/c1-4-34-25(30)23-20(27-26(31)28-24(23)17-9-6-5-7-10-17)16-29-14-8-11-21(29)19-15-18(32-2)12-13-22(19)33-3/h5-7,9-10,12-13,15,21,24H,4,8,11,14,16H2,1-3H3,(H2,27,28,31). The molecule has 0 saturated carbocycles. The van der Waals surface area contributed by atoms with Gasteiger partial charge in [-0.3, -0.25) is 4.90 Å². The first kappa shape index (κ1) is 23.6. The molecule has 2 unspecified atom stereocenters. The molecule has 2 aromatic carbocycles. The number of methoxy groups -OCH3 is 2. The predicted octanol–water partition coefficient (Wildman–Crippen LogP) is 3.71. The summed E-state index contributed by atoms with van der Waals surface area (Å²) in [5, 5.41) is 5.78. The van der Waals surface area contributed by atoms with Crippen LogP contribution in [0.3, 0.4) is 0 Å². The van der Waals surface area contributed by atoms with Crippen LogP contribution in [0.25, 0.3) is 0 Å². The van der Waals surface area contributed by atoms with Crippen LogP contribution in [0.5, 0.6) is 11.5 Å². The SMILES string of the molecule is CCOC(=O)C1=C(CN2CCCC2c2cc(OC)ccc2OC)NC(=O)NC1c1ccccc1. The summed E-state index contributed by atoms with van der Waals surface area (Å²) in [6.45, 7) is 3.24. The smallest absolute Gasteiger partial charge is 0.338 e. The summed E-state index contributed by atoms with van der Waals surface area (Å²) in [7, 11) is 3.30. The first-order valence-corrected chi connectivity index (χ1v) is 11.5. The van der Waals surface area contributed by atoms with Crippen molar-refractivity contribution in [3.05, 3.63) is 70.9 Å². The maximum Gasteiger partial charge on any atom is 0.338 e. The van der Waals surface area contributed by atoms with Crippen LogP contribution in [0.2, 0.25) is 0 Å². The summed E-state index contributed by atoms with van der Waals surface area (Å²) in [5.74, 6) is 1.11. The molecule has 0 bridgehead atoms. The largest absolute Gasteiger partial charge is 0.497 e. The molecule has 1 saturated heterocycles. The molecule has 4 rings (SSSR count). The molecule has 8 nitrogen and oxygen atoms in total. The normalized spacial score (nSPS) is 20.5. The lowest BCUT2D eigenvalue weighted by molar-refractivity contribution is -0.139. The average molecular weight is 466 g/mol. The van der Waals surface area contributed by atoms with Gasteiger partial charge in [-0.15, -0.1) is 0 Å². The van der Waals surface area contributed by atoms with Crippen LogP contribution in [-0.2, 0) is 9.53 Å². The highest BCUT2D eigenvalue weighted by atomic mass is 16.5. The lowest BCUT2D eigenvalue weighted by Gasteiger charge is -2.33. The fourth-order valence-electron chi connectivity index (χ4n) is 4.76. The van der Waals surface area contributed by atoms with Gasteiger partial charge in [-0.05, 0) is 50.1 Å². The van der Waals surface area contributed by atoms with Gasteiger partial charge in [-0.25, -0.2) is 9.59 Å². The van der Waals surface area contributed by atoms with E-state index in [0.717, 1.165) is 42.0 Å². The Kier molecular flexibility index (Phi) is 7.37. The number of carbonyl (C=O) groups is 2. The Hall–Kier alpha value is -3.52. The average Bonchev–Trinajstić information content (AvgIpc) is 3.31. The topological polar surface area (TPSA) is 89.1 Å². The second kappa shape index (κ2) is 10.6. The van der Waals surface area contributed by atoms with Crippen molar-refractivity contribution < 1.29 is 23.8 Å². The zero-order valence-corrected chi connectivity index (χ0v) is 19.8. The van der Waals surface area contributed by atoms with Crippen LogP contribution >= 0.6 is 0 Å². The fraction of sp³-hybridized carbons (Fsp3) is 0.385. The Labute approximate surface area is 199 Å². The monoisotopic (exact) mass is 465 g/mol. The number of nitrogens with one attached hydrogen (secondary N) is 2. The van der Waals surface area contributed by atoms with Crippen LogP contribution in [0.4, 0.5) is 4.79 Å². The minimum atomic E-state index is -0.587. The number of amides is 2. The van der Waals surface area contributed by atoms with Crippen molar-refractivity contribution >= 4 is 12.0 Å². The highest BCUT2D eigenvalue weighted by molar-refractivity contribution is 5.95. The van der Waals surface area contributed by atoms with E-state index in [1.807, 2.05) is 48.5 Å². The molecular weight excluding hydrogens is 434 g/mol. The van der Waals surface area contributed by atoms with E-state index in [4.69, 9.17) is 14.2 Å². The van der Waals surface area contributed by atoms with Crippen molar-refractivity contribution in [2.24, 2.45) is 0 Å². The summed E-state index contributed by atoms with van der Waals surface area (Å²) in [5.41, 5.74) is 2.84. The van der Waals surface area contributed by atoms with Crippen LogP contribution in [0.1, 0.15) is 43.0 Å². The van der Waals surface area contributed by atoms with Gasteiger partial charge >= 0.3 is 12.0 Å². The molecule has 1 fully saturated rings. The van der Waals surface area contributed by atoms with Gasteiger partial charge in [0.1, 0.15) is 11.5 Å². The third-order valence-corrected chi connectivity index (χ3v) is 6.30. The molecule has 2 aliphatic heterocycles. The number of urea groups is 1. The molecule has 2 amide bonds. The summed E-state index contributed by atoms with van der Waals surface area (Å²) >= 11 is 0. The number of likely N-dealkylation sites (tertiary alicyclic amines) is 1. The lowest BCUT2D eigenvalue weighted by atomic mass is 9.94. The third-order valence-electron chi connectivity index (χ3n) is 6.30. The highest BCUT2D eigenvalue weighted by Crippen LogP contribution is 2.40. The third kappa shape index (κ3) is 4.87. The van der Waals surface area contributed by atoms with Gasteiger partial charge in [0.25, 0.3) is 0 Å². The second-order valence-corrected chi connectivity index (χ2v) is 8.29. The molecule has 2 N–H and O–H groups in total. The molecule has 2 heterocycles. The summed E-state index contributed by atoms with van der Waals surface area (Å²) in [6.07, 6.45) is 1.92. The molecule has 0 aliphatic carbocycles. The van der Waals surface area contributed by atoms with Crippen LogP contribution in [0, 0.1) is 0 Å². The number of hydrogen-bond acceptors (Lipinski definition) is 6. The van der Waals surface area contributed by atoms with Crippen molar-refractivity contribution in [1.29, 1.82) is 0 Å². The van der Waals surface area contributed by atoms with Crippen molar-refractivity contribution in [3.63, 3.8) is 0 Å². The van der Waals surface area contributed by atoms with Crippen molar-refractivity contribution in [3.8, 4) is 11.5 Å². The Bertz CT molecular complexity index is 1070. The number of benzene rings is 2. The van der Waals surface area contributed by atoms with E-state index in [9.17, 15) is 9.59 Å². The Morgan fingerprint density at radius 3 is 2.62 bits per heavy atom. The summed E-state index contributed by atoms with van der Waals surface area (Å²) in [6, 6.07) is 14.4. The number of rotatable bonds is 8. The van der Waals surface area contributed by atoms with Gasteiger partial charge in [0, 0.05) is 23.8 Å². The molecule has 2 aliphatic rings. The number of nitrogens with zero attached hydrogens (tertiary/aromatic N) is 1. The van der Waals surface area contributed by atoms with Crippen LogP contribution in [0.15, 0.2) is 59.8 Å². The lowest BCUT2D eigenvalue weighted by Crippen LogP contribution is -2.48. The summed E-state index contributed by atoms with van der Waals surface area (Å²) in [4.78, 5) is 28.0. The van der Waals surface area contributed by atoms with E-state index in [2.05, 4.69) is 15.5 Å². The highest BCUT2D eigenvalue weighted by Gasteiger charge is 2.36. The van der Waals surface area contributed by atoms with Gasteiger partial charge < -0.3 is 24.8 Å². The van der Waals surface area contributed by atoms with E-state index in [0.29, 0.717) is 17.8 Å². The molecule has 0 aromatic heterocycles. The van der Waals surface area contributed by atoms with Crippen LogP contribution < -0.4 is 20.1 Å². The van der Waals surface area contributed by atoms with Gasteiger partial charge in [0.15, 0.2) is 0 Å².